The summed E-state index contributed by atoms with van der Waals surface area (Å²) in [6, 6.07) is 19.1. The van der Waals surface area contributed by atoms with E-state index in [0.29, 0.717) is 5.41 Å². The van der Waals surface area contributed by atoms with Crippen LogP contribution < -0.4 is 0 Å². The van der Waals surface area contributed by atoms with Crippen LogP contribution in [0.1, 0.15) is 103 Å². The van der Waals surface area contributed by atoms with E-state index in [1.54, 1.807) is 0 Å². The van der Waals surface area contributed by atoms with Crippen molar-refractivity contribution in [3.8, 4) is 0 Å². The number of benzene rings is 2. The monoisotopic (exact) mass is 376 g/mol. The molecule has 0 radical (unpaired) electrons. The Kier molecular flexibility index (Phi) is 5.32. The summed E-state index contributed by atoms with van der Waals surface area (Å²) in [4.78, 5) is 0. The predicted octanol–water partition coefficient (Wildman–Crippen LogP) is 8.17. The van der Waals surface area contributed by atoms with Crippen molar-refractivity contribution >= 4 is 0 Å². The lowest BCUT2D eigenvalue weighted by molar-refractivity contribution is 0.173. The molecule has 0 bridgehead atoms. The van der Waals surface area contributed by atoms with E-state index in [-0.39, 0.29) is 16.2 Å². The third kappa shape index (κ3) is 4.22. The molecule has 1 aliphatic carbocycles. The SMILES string of the molecule is CC1(C)CCCC(c2ccc(C(C)(C)C)cc2)(c2ccc(C(C)(C)C)cc2)C1. The molecular formula is C28H40. The first-order valence-electron chi connectivity index (χ1n) is 11.1. The second kappa shape index (κ2) is 7.05. The zero-order valence-corrected chi connectivity index (χ0v) is 19.4. The Balaban J connectivity index is 2.09. The van der Waals surface area contributed by atoms with E-state index in [1.807, 2.05) is 0 Å². The molecule has 0 aromatic heterocycles. The minimum absolute atomic E-state index is 0.134. The maximum atomic E-state index is 2.45. The summed E-state index contributed by atoms with van der Waals surface area (Å²) in [6.45, 7) is 18.7. The Morgan fingerprint density at radius 2 is 1.00 bits per heavy atom. The molecule has 1 fully saturated rings. The standard InChI is InChI=1S/C28H40/c1-25(2,3)21-10-14-23(15-11-21)28(19-9-18-27(7,8)20-28)24-16-12-22(13-17-24)26(4,5)6/h10-17H,9,18-20H2,1-8H3. The molecule has 2 aromatic rings. The highest BCUT2D eigenvalue weighted by molar-refractivity contribution is 5.44. The molecule has 0 N–H and O–H groups in total. The van der Waals surface area contributed by atoms with Crippen molar-refractivity contribution in [2.45, 2.75) is 97.3 Å². The van der Waals surface area contributed by atoms with Crippen LogP contribution in [0.5, 0.6) is 0 Å². The van der Waals surface area contributed by atoms with Gasteiger partial charge in [-0.1, -0.05) is 110 Å². The van der Waals surface area contributed by atoms with Crippen molar-refractivity contribution in [2.24, 2.45) is 5.41 Å². The van der Waals surface area contributed by atoms with Gasteiger partial charge in [-0.25, -0.2) is 0 Å². The zero-order chi connectivity index (χ0) is 20.8. The first-order chi connectivity index (χ1) is 12.8. The van der Waals surface area contributed by atoms with E-state index in [2.05, 4.69) is 104 Å². The minimum Gasteiger partial charge on any atom is -0.0599 e. The van der Waals surface area contributed by atoms with Crippen molar-refractivity contribution in [3.63, 3.8) is 0 Å². The molecule has 0 atom stereocenters. The van der Waals surface area contributed by atoms with Gasteiger partial charge in [0.15, 0.2) is 0 Å². The fourth-order valence-electron chi connectivity index (χ4n) is 5.10. The number of hydrogen-bond acceptors (Lipinski definition) is 0. The van der Waals surface area contributed by atoms with Gasteiger partial charge in [0.05, 0.1) is 0 Å². The van der Waals surface area contributed by atoms with Crippen LogP contribution in [0.15, 0.2) is 48.5 Å². The van der Waals surface area contributed by atoms with Crippen molar-refractivity contribution in [3.05, 3.63) is 70.8 Å². The second-order valence-corrected chi connectivity index (χ2v) is 11.9. The summed E-state index contributed by atoms with van der Waals surface area (Å²) in [5.41, 5.74) is 6.75. The Bertz CT molecular complexity index is 732. The van der Waals surface area contributed by atoms with Gasteiger partial charge >= 0.3 is 0 Å². The lowest BCUT2D eigenvalue weighted by Gasteiger charge is -2.46. The zero-order valence-electron chi connectivity index (χ0n) is 19.4. The molecule has 1 aliphatic rings. The fraction of sp³-hybridized carbons (Fsp3) is 0.571. The third-order valence-electron chi connectivity index (χ3n) is 6.84. The summed E-state index contributed by atoms with van der Waals surface area (Å²) in [5.74, 6) is 0. The summed E-state index contributed by atoms with van der Waals surface area (Å²) in [5, 5.41) is 0. The van der Waals surface area contributed by atoms with Crippen LogP contribution in [-0.4, -0.2) is 0 Å². The van der Waals surface area contributed by atoms with Crippen LogP contribution in [0.25, 0.3) is 0 Å². The number of hydrogen-bond donors (Lipinski definition) is 0. The van der Waals surface area contributed by atoms with Crippen LogP contribution in [0, 0.1) is 5.41 Å². The summed E-state index contributed by atoms with van der Waals surface area (Å²) >= 11 is 0. The summed E-state index contributed by atoms with van der Waals surface area (Å²) in [6.07, 6.45) is 5.10. The van der Waals surface area contributed by atoms with Crippen LogP contribution in [0.3, 0.4) is 0 Å². The third-order valence-corrected chi connectivity index (χ3v) is 6.84. The minimum atomic E-state index is 0.134. The predicted molar refractivity (Wildman–Crippen MR) is 123 cm³/mol. The molecular weight excluding hydrogens is 336 g/mol. The van der Waals surface area contributed by atoms with Gasteiger partial charge in [-0.15, -0.1) is 0 Å². The maximum absolute atomic E-state index is 2.45. The van der Waals surface area contributed by atoms with Crippen molar-refractivity contribution in [2.75, 3.05) is 0 Å². The van der Waals surface area contributed by atoms with E-state index in [0.717, 1.165) is 0 Å². The van der Waals surface area contributed by atoms with Crippen LogP contribution in [-0.2, 0) is 16.2 Å². The molecule has 28 heavy (non-hydrogen) atoms. The van der Waals surface area contributed by atoms with E-state index < -0.39 is 0 Å². The van der Waals surface area contributed by atoms with Gasteiger partial charge < -0.3 is 0 Å². The highest BCUT2D eigenvalue weighted by atomic mass is 14.5. The average molecular weight is 377 g/mol. The van der Waals surface area contributed by atoms with E-state index in [9.17, 15) is 0 Å². The molecule has 0 unspecified atom stereocenters. The second-order valence-electron chi connectivity index (χ2n) is 11.9. The smallest absolute Gasteiger partial charge is 0.0208 e. The molecule has 1 saturated carbocycles. The Hall–Kier alpha value is -1.56. The lowest BCUT2D eigenvalue weighted by atomic mass is 9.58. The van der Waals surface area contributed by atoms with Crippen LogP contribution in [0.4, 0.5) is 0 Å². The molecule has 0 nitrogen and oxygen atoms in total. The van der Waals surface area contributed by atoms with Crippen molar-refractivity contribution in [1.82, 2.24) is 0 Å². The van der Waals surface area contributed by atoms with Crippen LogP contribution >= 0.6 is 0 Å². The van der Waals surface area contributed by atoms with E-state index in [4.69, 9.17) is 0 Å². The molecule has 0 amide bonds. The molecule has 152 valence electrons. The topological polar surface area (TPSA) is 0 Å². The molecule has 0 heterocycles. The highest BCUT2D eigenvalue weighted by Gasteiger charge is 2.42. The molecule has 2 aromatic carbocycles. The van der Waals surface area contributed by atoms with Gasteiger partial charge in [0, 0.05) is 5.41 Å². The first kappa shape index (κ1) is 21.2. The fourth-order valence-corrected chi connectivity index (χ4v) is 5.10. The molecule has 0 spiro atoms. The Morgan fingerprint density at radius 3 is 1.32 bits per heavy atom. The van der Waals surface area contributed by atoms with Gasteiger partial charge in [-0.2, -0.15) is 0 Å². The molecule has 0 heteroatoms. The largest absolute Gasteiger partial charge is 0.0599 e. The van der Waals surface area contributed by atoms with Gasteiger partial charge in [0.25, 0.3) is 0 Å². The summed E-state index contributed by atoms with van der Waals surface area (Å²) < 4.78 is 0. The number of rotatable bonds is 2. The highest BCUT2D eigenvalue weighted by Crippen LogP contribution is 2.51. The van der Waals surface area contributed by atoms with Crippen LogP contribution in [0.2, 0.25) is 0 Å². The average Bonchev–Trinajstić information content (AvgIpc) is 2.59. The van der Waals surface area contributed by atoms with Gasteiger partial charge in [-0.05, 0) is 57.8 Å². The van der Waals surface area contributed by atoms with Crippen molar-refractivity contribution < 1.29 is 0 Å². The Labute approximate surface area is 173 Å². The molecule has 0 saturated heterocycles. The quantitative estimate of drug-likeness (QED) is 0.496. The maximum Gasteiger partial charge on any atom is 0.0208 e. The normalized spacial score (nSPS) is 19.4. The van der Waals surface area contributed by atoms with Gasteiger partial charge in [0.2, 0.25) is 0 Å². The van der Waals surface area contributed by atoms with Crippen molar-refractivity contribution in [1.29, 1.82) is 0 Å². The van der Waals surface area contributed by atoms with E-state index >= 15 is 0 Å². The first-order valence-corrected chi connectivity index (χ1v) is 11.1. The van der Waals surface area contributed by atoms with E-state index in [1.165, 1.54) is 47.9 Å². The lowest BCUT2D eigenvalue weighted by Crippen LogP contribution is -2.38. The Morgan fingerprint density at radius 1 is 0.607 bits per heavy atom. The summed E-state index contributed by atoms with van der Waals surface area (Å²) in [7, 11) is 0. The molecule has 3 rings (SSSR count). The molecule has 0 aliphatic heterocycles. The van der Waals surface area contributed by atoms with Gasteiger partial charge in [0.1, 0.15) is 0 Å². The van der Waals surface area contributed by atoms with Gasteiger partial charge in [-0.3, -0.25) is 0 Å².